The van der Waals surface area contributed by atoms with Crippen LogP contribution in [0.5, 0.6) is 0 Å². The summed E-state index contributed by atoms with van der Waals surface area (Å²) in [4.78, 5) is 31.3. The van der Waals surface area contributed by atoms with Crippen LogP contribution in [0.15, 0.2) is 71.8 Å². The number of hydrogen-bond donors (Lipinski definition) is 1. The molecular formula is C27H22Cl2N4O2. The number of carbonyl (C=O) groups is 1. The molecule has 5 aromatic rings. The fourth-order valence-corrected chi connectivity index (χ4v) is 4.73. The lowest BCUT2D eigenvalue weighted by Gasteiger charge is -2.11. The normalized spacial score (nSPS) is 11.3. The summed E-state index contributed by atoms with van der Waals surface area (Å²) >= 11 is 12.6. The van der Waals surface area contributed by atoms with Gasteiger partial charge in [0.05, 0.1) is 29.1 Å². The summed E-state index contributed by atoms with van der Waals surface area (Å²) in [5.74, 6) is -0.295. The highest BCUT2D eigenvalue weighted by molar-refractivity contribution is 6.33. The zero-order valence-electron chi connectivity index (χ0n) is 19.2. The van der Waals surface area contributed by atoms with Gasteiger partial charge < -0.3 is 9.88 Å². The summed E-state index contributed by atoms with van der Waals surface area (Å²) < 4.78 is 3.24. The second-order valence-electron chi connectivity index (χ2n) is 8.60. The molecule has 2 aromatic heterocycles. The first-order valence-corrected chi connectivity index (χ1v) is 11.8. The number of nitrogens with zero attached hydrogens (tertiary/aromatic N) is 3. The molecule has 0 radical (unpaired) electrons. The molecule has 0 bridgehead atoms. The van der Waals surface area contributed by atoms with Crippen molar-refractivity contribution in [1.29, 1.82) is 0 Å². The Morgan fingerprint density at radius 2 is 1.71 bits per heavy atom. The van der Waals surface area contributed by atoms with Crippen molar-refractivity contribution < 1.29 is 4.79 Å². The zero-order chi connectivity index (χ0) is 24.7. The molecule has 0 saturated carbocycles. The largest absolute Gasteiger partial charge is 0.325 e. The average Bonchev–Trinajstić information content (AvgIpc) is 3.12. The second kappa shape index (κ2) is 9.21. The molecule has 0 unspecified atom stereocenters. The Labute approximate surface area is 211 Å². The van der Waals surface area contributed by atoms with E-state index in [2.05, 4.69) is 10.3 Å². The lowest BCUT2D eigenvalue weighted by Crippen LogP contribution is -2.25. The molecule has 0 aliphatic heterocycles. The maximum atomic E-state index is 13.7. The van der Waals surface area contributed by atoms with Crippen LogP contribution in [0.3, 0.4) is 0 Å². The number of halogens is 2. The quantitative estimate of drug-likeness (QED) is 0.321. The molecule has 1 N–H and O–H groups in total. The number of aromatic nitrogens is 3. The Balaban J connectivity index is 1.61. The van der Waals surface area contributed by atoms with Crippen molar-refractivity contribution >= 4 is 56.7 Å². The molecule has 0 fully saturated rings. The Morgan fingerprint density at radius 3 is 2.49 bits per heavy atom. The SMILES string of the molecule is Cc1ccc(NC(=O)Cn2c3ccc(C)cc3c3ncn(Cc4ccccc4Cl)c(=O)c32)c(Cl)c1. The molecule has 35 heavy (non-hydrogen) atoms. The summed E-state index contributed by atoms with van der Waals surface area (Å²) in [5.41, 5.74) is 4.80. The first-order chi connectivity index (χ1) is 16.8. The van der Waals surface area contributed by atoms with Gasteiger partial charge in [-0.25, -0.2) is 4.98 Å². The molecular weight excluding hydrogens is 483 g/mol. The zero-order valence-corrected chi connectivity index (χ0v) is 20.7. The fourth-order valence-electron chi connectivity index (χ4n) is 4.26. The Bertz CT molecular complexity index is 1670. The van der Waals surface area contributed by atoms with Crippen molar-refractivity contribution in [3.05, 3.63) is 104 Å². The lowest BCUT2D eigenvalue weighted by molar-refractivity contribution is -0.116. The van der Waals surface area contributed by atoms with Gasteiger partial charge in [-0.15, -0.1) is 0 Å². The van der Waals surface area contributed by atoms with Gasteiger partial charge in [-0.3, -0.25) is 14.2 Å². The highest BCUT2D eigenvalue weighted by Gasteiger charge is 2.19. The van der Waals surface area contributed by atoms with E-state index in [1.165, 1.54) is 10.9 Å². The molecule has 3 aromatic carbocycles. The first kappa shape index (κ1) is 23.1. The van der Waals surface area contributed by atoms with Gasteiger partial charge in [0.1, 0.15) is 17.6 Å². The van der Waals surface area contributed by atoms with Gasteiger partial charge >= 0.3 is 0 Å². The first-order valence-electron chi connectivity index (χ1n) is 11.1. The molecule has 5 rings (SSSR count). The van der Waals surface area contributed by atoms with Crippen LogP contribution in [0, 0.1) is 13.8 Å². The monoisotopic (exact) mass is 504 g/mol. The molecule has 2 heterocycles. The van der Waals surface area contributed by atoms with E-state index in [4.69, 9.17) is 23.2 Å². The van der Waals surface area contributed by atoms with Crippen LogP contribution in [-0.4, -0.2) is 20.0 Å². The van der Waals surface area contributed by atoms with Crippen molar-refractivity contribution in [1.82, 2.24) is 14.1 Å². The predicted octanol–water partition coefficient (Wildman–Crippen LogP) is 5.96. The van der Waals surface area contributed by atoms with Crippen LogP contribution >= 0.6 is 23.2 Å². The third-order valence-electron chi connectivity index (χ3n) is 5.98. The van der Waals surface area contributed by atoms with Gasteiger partial charge in [0, 0.05) is 10.4 Å². The Kier molecular flexibility index (Phi) is 6.09. The van der Waals surface area contributed by atoms with Gasteiger partial charge in [0.15, 0.2) is 0 Å². The molecule has 0 aliphatic rings. The van der Waals surface area contributed by atoms with Crippen molar-refractivity contribution in [2.75, 3.05) is 5.32 Å². The number of hydrogen-bond acceptors (Lipinski definition) is 3. The van der Waals surface area contributed by atoms with E-state index in [1.807, 2.05) is 56.3 Å². The fraction of sp³-hybridized carbons (Fsp3) is 0.148. The summed E-state index contributed by atoms with van der Waals surface area (Å²) in [5, 5.41) is 4.71. The maximum absolute atomic E-state index is 13.7. The van der Waals surface area contributed by atoms with Crippen LogP contribution in [0.4, 0.5) is 5.69 Å². The molecule has 8 heteroatoms. The topological polar surface area (TPSA) is 68.9 Å². The third-order valence-corrected chi connectivity index (χ3v) is 6.66. The number of amides is 1. The smallest absolute Gasteiger partial charge is 0.278 e. The van der Waals surface area contributed by atoms with Crippen molar-refractivity contribution in [2.45, 2.75) is 26.9 Å². The molecule has 0 aliphatic carbocycles. The molecule has 176 valence electrons. The van der Waals surface area contributed by atoms with Crippen LogP contribution in [-0.2, 0) is 17.9 Å². The van der Waals surface area contributed by atoms with Crippen molar-refractivity contribution in [3.8, 4) is 0 Å². The number of fused-ring (bicyclic) bond motifs is 3. The lowest BCUT2D eigenvalue weighted by atomic mass is 10.1. The minimum atomic E-state index is -0.295. The van der Waals surface area contributed by atoms with E-state index in [0.717, 1.165) is 27.6 Å². The Hall–Kier alpha value is -3.61. The van der Waals surface area contributed by atoms with E-state index in [-0.39, 0.29) is 24.6 Å². The van der Waals surface area contributed by atoms with E-state index >= 15 is 0 Å². The van der Waals surface area contributed by atoms with Crippen molar-refractivity contribution in [2.24, 2.45) is 0 Å². The van der Waals surface area contributed by atoms with Crippen molar-refractivity contribution in [3.63, 3.8) is 0 Å². The van der Waals surface area contributed by atoms with Gasteiger partial charge in [-0.1, -0.05) is 59.1 Å². The average molecular weight is 505 g/mol. The summed E-state index contributed by atoms with van der Waals surface area (Å²) in [6.45, 7) is 4.11. The minimum absolute atomic E-state index is 0.0692. The van der Waals surface area contributed by atoms with Crippen LogP contribution in [0.25, 0.3) is 21.9 Å². The van der Waals surface area contributed by atoms with E-state index in [1.54, 1.807) is 22.8 Å². The van der Waals surface area contributed by atoms with Gasteiger partial charge in [0.25, 0.3) is 5.56 Å². The van der Waals surface area contributed by atoms with Gasteiger partial charge in [-0.2, -0.15) is 0 Å². The molecule has 1 amide bonds. The Morgan fingerprint density at radius 1 is 0.971 bits per heavy atom. The molecule has 0 saturated heterocycles. The highest BCUT2D eigenvalue weighted by atomic mass is 35.5. The molecule has 0 atom stereocenters. The third kappa shape index (κ3) is 4.43. The number of carbonyl (C=O) groups excluding carboxylic acids is 1. The maximum Gasteiger partial charge on any atom is 0.278 e. The van der Waals surface area contributed by atoms with Crippen LogP contribution in [0.2, 0.25) is 10.0 Å². The highest BCUT2D eigenvalue weighted by Crippen LogP contribution is 2.28. The summed E-state index contributed by atoms with van der Waals surface area (Å²) in [6.07, 6.45) is 1.53. The van der Waals surface area contributed by atoms with Crippen LogP contribution < -0.4 is 10.9 Å². The molecule has 0 spiro atoms. The predicted molar refractivity (Wildman–Crippen MR) is 142 cm³/mol. The van der Waals surface area contributed by atoms with E-state index in [0.29, 0.717) is 26.8 Å². The minimum Gasteiger partial charge on any atom is -0.325 e. The van der Waals surface area contributed by atoms with E-state index < -0.39 is 0 Å². The van der Waals surface area contributed by atoms with Crippen LogP contribution in [0.1, 0.15) is 16.7 Å². The standard InChI is InChI=1S/C27H22Cl2N4O2/c1-16-8-10-23-19(11-16)25-26(27(35)32(15-30-25)13-18-5-3-4-6-20(18)28)33(23)14-24(34)31-22-9-7-17(2)12-21(22)29/h3-12,15H,13-14H2,1-2H3,(H,31,34). The molecule has 6 nitrogen and oxygen atoms in total. The van der Waals surface area contributed by atoms with E-state index in [9.17, 15) is 9.59 Å². The number of rotatable bonds is 5. The number of benzene rings is 3. The summed E-state index contributed by atoms with van der Waals surface area (Å²) in [7, 11) is 0. The number of aryl methyl sites for hydroxylation is 2. The number of nitrogens with one attached hydrogen (secondary N) is 1. The number of anilines is 1. The second-order valence-corrected chi connectivity index (χ2v) is 9.42. The van der Waals surface area contributed by atoms with Gasteiger partial charge in [0.2, 0.25) is 5.91 Å². The summed E-state index contributed by atoms with van der Waals surface area (Å²) in [6, 6.07) is 18.7. The van der Waals surface area contributed by atoms with Gasteiger partial charge in [-0.05, 0) is 55.3 Å².